The van der Waals surface area contributed by atoms with E-state index in [0.29, 0.717) is 5.69 Å². The molecule has 0 spiro atoms. The molecule has 1 amide bonds. The normalized spacial score (nSPS) is 12.9. The summed E-state index contributed by atoms with van der Waals surface area (Å²) < 4.78 is 5.06. The molecule has 0 aliphatic rings. The van der Waals surface area contributed by atoms with Crippen LogP contribution in [0.25, 0.3) is 0 Å². The van der Waals surface area contributed by atoms with Crippen molar-refractivity contribution in [3.63, 3.8) is 0 Å². The van der Waals surface area contributed by atoms with Gasteiger partial charge in [0.05, 0.1) is 11.7 Å². The van der Waals surface area contributed by atoms with Crippen molar-refractivity contribution in [1.82, 2.24) is 10.3 Å². The first-order valence-corrected chi connectivity index (χ1v) is 5.47. The molecular weight excluding hydrogens is 220 g/mol. The largest absolute Gasteiger partial charge is 0.444 e. The molecule has 1 atom stereocenters. The lowest BCUT2D eigenvalue weighted by molar-refractivity contribution is 0.0496. The molecule has 1 aromatic heterocycles. The monoisotopic (exact) mass is 238 g/mol. The van der Waals surface area contributed by atoms with E-state index in [1.165, 1.54) is 0 Å². The lowest BCUT2D eigenvalue weighted by atomic mass is 10.1. The first kappa shape index (κ1) is 13.3. The lowest BCUT2D eigenvalue weighted by Crippen LogP contribution is -2.41. The number of carbonyl (C=O) groups excluding carboxylic acids is 2. The van der Waals surface area contributed by atoms with Crippen LogP contribution in [0.2, 0.25) is 0 Å². The third kappa shape index (κ3) is 4.30. The third-order valence-electron chi connectivity index (χ3n) is 1.99. The van der Waals surface area contributed by atoms with Crippen LogP contribution in [0.3, 0.4) is 0 Å². The molecule has 0 aliphatic carbocycles. The maximum absolute atomic E-state index is 11.8. The van der Waals surface area contributed by atoms with E-state index in [-0.39, 0.29) is 5.78 Å². The predicted octanol–water partition coefficient (Wildman–Crippen LogP) is 2.11. The minimum atomic E-state index is -0.622. The second-order valence-corrected chi connectivity index (χ2v) is 4.82. The van der Waals surface area contributed by atoms with E-state index in [1.54, 1.807) is 46.0 Å². The second-order valence-electron chi connectivity index (χ2n) is 4.82. The van der Waals surface area contributed by atoms with Crippen LogP contribution in [0, 0.1) is 0 Å². The molecule has 0 fully saturated rings. The van der Waals surface area contributed by atoms with Gasteiger partial charge in [0.2, 0.25) is 5.78 Å². The van der Waals surface area contributed by atoms with E-state index in [2.05, 4.69) is 10.3 Å². The number of H-pyrrole nitrogens is 1. The van der Waals surface area contributed by atoms with E-state index in [9.17, 15) is 9.59 Å². The highest BCUT2D eigenvalue weighted by molar-refractivity contribution is 5.99. The number of aromatic nitrogens is 1. The van der Waals surface area contributed by atoms with Crippen molar-refractivity contribution in [2.75, 3.05) is 0 Å². The first-order chi connectivity index (χ1) is 7.79. The Morgan fingerprint density at radius 3 is 2.53 bits per heavy atom. The van der Waals surface area contributed by atoms with E-state index >= 15 is 0 Å². The minimum Gasteiger partial charge on any atom is -0.444 e. The molecular formula is C12H18N2O3. The van der Waals surface area contributed by atoms with Gasteiger partial charge in [0.15, 0.2) is 0 Å². The van der Waals surface area contributed by atoms with Crippen molar-refractivity contribution in [3.05, 3.63) is 24.0 Å². The maximum atomic E-state index is 11.8. The van der Waals surface area contributed by atoms with Gasteiger partial charge in [-0.2, -0.15) is 0 Å². The van der Waals surface area contributed by atoms with E-state index < -0.39 is 17.7 Å². The molecule has 5 nitrogen and oxygen atoms in total. The van der Waals surface area contributed by atoms with E-state index in [4.69, 9.17) is 4.74 Å². The van der Waals surface area contributed by atoms with Gasteiger partial charge in [0.1, 0.15) is 5.60 Å². The van der Waals surface area contributed by atoms with Gasteiger partial charge in [-0.15, -0.1) is 0 Å². The Morgan fingerprint density at radius 1 is 1.41 bits per heavy atom. The zero-order valence-corrected chi connectivity index (χ0v) is 10.5. The summed E-state index contributed by atoms with van der Waals surface area (Å²) in [5, 5.41) is 2.49. The van der Waals surface area contributed by atoms with Gasteiger partial charge in [0, 0.05) is 6.20 Å². The molecule has 2 N–H and O–H groups in total. The molecule has 1 aromatic rings. The fourth-order valence-electron chi connectivity index (χ4n) is 1.27. The Hall–Kier alpha value is -1.78. The summed E-state index contributed by atoms with van der Waals surface area (Å²) in [5.41, 5.74) is -0.104. The Morgan fingerprint density at radius 2 is 2.06 bits per heavy atom. The summed E-state index contributed by atoms with van der Waals surface area (Å²) in [5.74, 6) is -0.180. The van der Waals surface area contributed by atoms with Crippen LogP contribution in [0.15, 0.2) is 18.3 Å². The number of nitrogens with one attached hydrogen (secondary N) is 2. The number of ketones is 1. The van der Waals surface area contributed by atoms with Crippen LogP contribution in [-0.4, -0.2) is 28.5 Å². The maximum Gasteiger partial charge on any atom is 0.408 e. The number of hydrogen-bond acceptors (Lipinski definition) is 3. The quantitative estimate of drug-likeness (QED) is 0.792. The summed E-state index contributed by atoms with van der Waals surface area (Å²) >= 11 is 0. The van der Waals surface area contributed by atoms with Crippen LogP contribution >= 0.6 is 0 Å². The zero-order chi connectivity index (χ0) is 13.1. The minimum absolute atomic E-state index is 0.180. The molecule has 0 bridgehead atoms. The summed E-state index contributed by atoms with van der Waals surface area (Å²) in [6.07, 6.45) is 1.07. The van der Waals surface area contributed by atoms with Crippen LogP contribution in [0.5, 0.6) is 0 Å². The molecule has 0 aliphatic heterocycles. The van der Waals surface area contributed by atoms with Crippen LogP contribution in [0.4, 0.5) is 4.79 Å². The molecule has 0 saturated carbocycles. The predicted molar refractivity (Wildman–Crippen MR) is 64.0 cm³/mol. The van der Waals surface area contributed by atoms with Crippen LogP contribution < -0.4 is 5.32 Å². The van der Waals surface area contributed by atoms with E-state index in [0.717, 1.165) is 0 Å². The van der Waals surface area contributed by atoms with Crippen molar-refractivity contribution >= 4 is 11.9 Å². The number of aromatic amines is 1. The third-order valence-corrected chi connectivity index (χ3v) is 1.99. The van der Waals surface area contributed by atoms with Gasteiger partial charge in [-0.25, -0.2) is 4.79 Å². The molecule has 1 heterocycles. The lowest BCUT2D eigenvalue weighted by Gasteiger charge is -2.21. The van der Waals surface area contributed by atoms with Crippen molar-refractivity contribution in [1.29, 1.82) is 0 Å². The number of Topliss-reactive ketones (excluding diaryl/α,β-unsaturated/α-hetero) is 1. The van der Waals surface area contributed by atoms with E-state index in [1.807, 2.05) is 0 Å². The van der Waals surface area contributed by atoms with Gasteiger partial charge in [-0.3, -0.25) is 4.79 Å². The SMILES string of the molecule is CC(NC(=O)OC(C)(C)C)C(=O)c1ccc[nH]1. The summed E-state index contributed by atoms with van der Waals surface area (Å²) in [7, 11) is 0. The first-order valence-electron chi connectivity index (χ1n) is 5.47. The standard InChI is InChI=1S/C12H18N2O3/c1-8(10(15)9-6-5-7-13-9)14-11(16)17-12(2,3)4/h5-8,13H,1-4H3,(H,14,16). The Bertz CT molecular complexity index is 390. The van der Waals surface area contributed by atoms with Gasteiger partial charge in [-0.05, 0) is 39.8 Å². The fourth-order valence-corrected chi connectivity index (χ4v) is 1.27. The van der Waals surface area contributed by atoms with Crippen molar-refractivity contribution in [2.24, 2.45) is 0 Å². The van der Waals surface area contributed by atoms with Gasteiger partial charge < -0.3 is 15.0 Å². The van der Waals surface area contributed by atoms with Crippen LogP contribution in [0.1, 0.15) is 38.2 Å². The van der Waals surface area contributed by atoms with Gasteiger partial charge in [-0.1, -0.05) is 0 Å². The molecule has 1 unspecified atom stereocenters. The number of hydrogen-bond donors (Lipinski definition) is 2. The summed E-state index contributed by atoms with van der Waals surface area (Å²) in [4.78, 5) is 26.1. The molecule has 0 radical (unpaired) electrons. The zero-order valence-electron chi connectivity index (χ0n) is 10.5. The Labute approximate surface area is 101 Å². The number of rotatable bonds is 3. The average molecular weight is 238 g/mol. The number of alkyl carbamates (subject to hydrolysis) is 1. The van der Waals surface area contributed by atoms with Gasteiger partial charge in [0.25, 0.3) is 0 Å². The number of ether oxygens (including phenoxy) is 1. The molecule has 1 rings (SSSR count). The average Bonchev–Trinajstić information content (AvgIpc) is 2.65. The van der Waals surface area contributed by atoms with Crippen molar-refractivity contribution < 1.29 is 14.3 Å². The summed E-state index contributed by atoms with van der Waals surface area (Å²) in [6, 6.07) is 2.77. The molecule has 0 aromatic carbocycles. The Kier molecular flexibility index (Phi) is 3.93. The van der Waals surface area contributed by atoms with Crippen molar-refractivity contribution in [2.45, 2.75) is 39.3 Å². The molecule has 94 valence electrons. The van der Waals surface area contributed by atoms with Crippen LogP contribution in [-0.2, 0) is 4.74 Å². The highest BCUT2D eigenvalue weighted by Gasteiger charge is 2.21. The summed E-state index contributed by atoms with van der Waals surface area (Å²) in [6.45, 7) is 6.92. The van der Waals surface area contributed by atoms with Crippen molar-refractivity contribution in [3.8, 4) is 0 Å². The highest BCUT2D eigenvalue weighted by atomic mass is 16.6. The topological polar surface area (TPSA) is 71.2 Å². The molecule has 5 heteroatoms. The smallest absolute Gasteiger partial charge is 0.408 e. The molecule has 0 saturated heterocycles. The van der Waals surface area contributed by atoms with Gasteiger partial charge >= 0.3 is 6.09 Å². The fraction of sp³-hybridized carbons (Fsp3) is 0.500. The number of amides is 1. The second kappa shape index (κ2) is 5.03. The number of carbonyl (C=O) groups is 2. The molecule has 17 heavy (non-hydrogen) atoms. The highest BCUT2D eigenvalue weighted by Crippen LogP contribution is 2.07. The Balaban J connectivity index is 2.52.